The molecule has 2 aliphatic rings. The van der Waals surface area contributed by atoms with Crippen molar-refractivity contribution in [3.8, 4) is 51.1 Å². The molecule has 4 nitrogen and oxygen atoms in total. The van der Waals surface area contributed by atoms with Gasteiger partial charge in [0.25, 0.3) is 0 Å². The van der Waals surface area contributed by atoms with Gasteiger partial charge in [0.1, 0.15) is 23.0 Å². The number of aromatic nitrogens is 2. The van der Waals surface area contributed by atoms with Gasteiger partial charge in [-0.1, -0.05) is 115 Å². The number of fused-ring (bicyclic) bond motifs is 11. The molecule has 9 aromatic rings. The van der Waals surface area contributed by atoms with Gasteiger partial charge in [0, 0.05) is 50.5 Å². The summed E-state index contributed by atoms with van der Waals surface area (Å²) in [4.78, 5) is 4.67. The van der Waals surface area contributed by atoms with Gasteiger partial charge in [-0.25, -0.2) is 0 Å². The van der Waals surface area contributed by atoms with Crippen LogP contribution in [0.3, 0.4) is 0 Å². The Balaban J connectivity index is 1.19. The first kappa shape index (κ1) is 28.9. The van der Waals surface area contributed by atoms with E-state index in [9.17, 15) is 0 Å². The Labute approximate surface area is 300 Å². The fourth-order valence-corrected chi connectivity index (χ4v) is 8.65. The van der Waals surface area contributed by atoms with Gasteiger partial charge >= 0.3 is 0 Å². The van der Waals surface area contributed by atoms with Crippen LogP contribution in [0.1, 0.15) is 22.3 Å². The molecular formula is C48H30N2O2. The molecule has 2 aromatic heterocycles. The minimum Gasteiger partial charge on any atom is -0.457 e. The van der Waals surface area contributed by atoms with E-state index in [1.54, 1.807) is 0 Å². The molecule has 0 fully saturated rings. The van der Waals surface area contributed by atoms with Crippen LogP contribution in [0.2, 0.25) is 0 Å². The van der Waals surface area contributed by atoms with Crippen LogP contribution in [0, 0.1) is 0 Å². The maximum absolute atomic E-state index is 7.06. The third kappa shape index (κ3) is 4.00. The molecule has 4 heterocycles. The van der Waals surface area contributed by atoms with Crippen LogP contribution < -0.4 is 9.47 Å². The zero-order valence-corrected chi connectivity index (χ0v) is 28.0. The highest BCUT2D eigenvalue weighted by Crippen LogP contribution is 2.62. The van der Waals surface area contributed by atoms with Crippen molar-refractivity contribution in [2.45, 2.75) is 5.41 Å². The molecule has 0 unspecified atom stereocenters. The van der Waals surface area contributed by atoms with Gasteiger partial charge in [-0.3, -0.25) is 4.98 Å². The zero-order valence-electron chi connectivity index (χ0n) is 28.0. The molecule has 0 radical (unpaired) electrons. The Morgan fingerprint density at radius 2 is 1.04 bits per heavy atom. The van der Waals surface area contributed by atoms with Crippen LogP contribution in [0.25, 0.3) is 49.9 Å². The van der Waals surface area contributed by atoms with Crippen molar-refractivity contribution in [3.63, 3.8) is 0 Å². The Morgan fingerprint density at radius 3 is 1.79 bits per heavy atom. The van der Waals surface area contributed by atoms with Gasteiger partial charge < -0.3 is 14.0 Å². The van der Waals surface area contributed by atoms with Gasteiger partial charge in [-0.2, -0.15) is 0 Å². The number of benzene rings is 7. The Hall–Kier alpha value is -6.91. The maximum atomic E-state index is 7.06. The van der Waals surface area contributed by atoms with E-state index in [0.717, 1.165) is 78.8 Å². The van der Waals surface area contributed by atoms with E-state index in [2.05, 4.69) is 155 Å². The average molecular weight is 667 g/mol. The summed E-state index contributed by atoms with van der Waals surface area (Å²) >= 11 is 0. The van der Waals surface area contributed by atoms with E-state index < -0.39 is 5.41 Å². The molecule has 0 saturated heterocycles. The summed E-state index contributed by atoms with van der Waals surface area (Å²) in [7, 11) is 0. The normalized spacial score (nSPS) is 13.5. The predicted molar refractivity (Wildman–Crippen MR) is 208 cm³/mol. The molecule has 1 spiro atoms. The van der Waals surface area contributed by atoms with Crippen molar-refractivity contribution in [2.24, 2.45) is 0 Å². The van der Waals surface area contributed by atoms with Crippen LogP contribution in [-0.4, -0.2) is 9.55 Å². The second kappa shape index (κ2) is 11.0. The molecule has 2 aliphatic heterocycles. The molecule has 244 valence electrons. The van der Waals surface area contributed by atoms with Gasteiger partial charge in [0.2, 0.25) is 0 Å². The van der Waals surface area contributed by atoms with Crippen molar-refractivity contribution in [1.29, 1.82) is 0 Å². The van der Waals surface area contributed by atoms with E-state index in [-0.39, 0.29) is 0 Å². The summed E-state index contributed by atoms with van der Waals surface area (Å²) in [5, 5.41) is 2.43. The number of pyridine rings is 1. The molecule has 52 heavy (non-hydrogen) atoms. The molecule has 0 bridgehead atoms. The molecule has 11 rings (SSSR count). The first-order chi connectivity index (χ1) is 25.8. The Morgan fingerprint density at radius 1 is 0.442 bits per heavy atom. The summed E-state index contributed by atoms with van der Waals surface area (Å²) in [6.07, 6.45) is 1.83. The molecule has 0 atom stereocenters. The Kier molecular flexibility index (Phi) is 6.13. The second-order valence-electron chi connectivity index (χ2n) is 13.5. The number of hydrogen-bond acceptors (Lipinski definition) is 3. The maximum Gasteiger partial charge on any atom is 0.132 e. The highest BCUT2D eigenvalue weighted by Gasteiger charge is 2.50. The SMILES string of the molecule is c1ccc(-n2c3ccccc3c3c(-c4ccc5c(c4)Oc4cc(-c6ccccn6)ccc4C54c5ccccc5Oc5ccccc54)cccc32)cc1. The standard InChI is InChI=1S/C48H30N2O2/c1-2-13-33(14-3-1)50-41-20-7-4-15-35(41)47-34(16-12-21-42(47)50)31-24-26-38-45(29-31)52-46-30-32(40-19-10-11-28-49-40)25-27-39(46)48(38)36-17-5-8-22-43(36)51-44-23-9-6-18-37(44)48/h1-30H. The first-order valence-electron chi connectivity index (χ1n) is 17.6. The first-order valence-corrected chi connectivity index (χ1v) is 17.6. The zero-order chi connectivity index (χ0) is 34.2. The summed E-state index contributed by atoms with van der Waals surface area (Å²) in [6, 6.07) is 62.0. The van der Waals surface area contributed by atoms with Crippen molar-refractivity contribution in [3.05, 3.63) is 204 Å². The van der Waals surface area contributed by atoms with Gasteiger partial charge in [0.15, 0.2) is 0 Å². The van der Waals surface area contributed by atoms with Crippen LogP contribution >= 0.6 is 0 Å². The number of nitrogens with zero attached hydrogens (tertiary/aromatic N) is 2. The average Bonchev–Trinajstić information content (AvgIpc) is 3.56. The number of hydrogen-bond donors (Lipinski definition) is 0. The lowest BCUT2D eigenvalue weighted by molar-refractivity contribution is 0.399. The summed E-state index contributed by atoms with van der Waals surface area (Å²) in [5.74, 6) is 3.31. The molecule has 0 amide bonds. The fourth-order valence-electron chi connectivity index (χ4n) is 8.65. The van der Waals surface area contributed by atoms with Crippen LogP contribution in [-0.2, 0) is 5.41 Å². The summed E-state index contributed by atoms with van der Waals surface area (Å²) in [5.41, 5.74) is 11.3. The van der Waals surface area contributed by atoms with E-state index in [4.69, 9.17) is 9.47 Å². The van der Waals surface area contributed by atoms with Crippen LogP contribution in [0.4, 0.5) is 0 Å². The highest BCUT2D eigenvalue weighted by atomic mass is 16.5. The topological polar surface area (TPSA) is 36.3 Å². The van der Waals surface area contributed by atoms with E-state index in [0.29, 0.717) is 0 Å². The van der Waals surface area contributed by atoms with E-state index in [1.807, 2.05) is 36.5 Å². The van der Waals surface area contributed by atoms with E-state index in [1.165, 1.54) is 16.3 Å². The van der Waals surface area contributed by atoms with Gasteiger partial charge in [-0.05, 0) is 71.8 Å². The number of rotatable bonds is 3. The lowest BCUT2D eigenvalue weighted by atomic mass is 9.62. The minimum absolute atomic E-state index is 0.676. The van der Waals surface area contributed by atoms with Gasteiger partial charge in [0.05, 0.1) is 22.1 Å². The largest absolute Gasteiger partial charge is 0.457 e. The molecular weight excluding hydrogens is 637 g/mol. The summed E-state index contributed by atoms with van der Waals surface area (Å²) in [6.45, 7) is 0. The van der Waals surface area contributed by atoms with Crippen molar-refractivity contribution < 1.29 is 9.47 Å². The molecule has 0 saturated carbocycles. The highest BCUT2D eigenvalue weighted by molar-refractivity contribution is 6.15. The predicted octanol–water partition coefficient (Wildman–Crippen LogP) is 12.1. The van der Waals surface area contributed by atoms with Crippen LogP contribution in [0.15, 0.2) is 182 Å². The lowest BCUT2D eigenvalue weighted by Crippen LogP contribution is -2.36. The second-order valence-corrected chi connectivity index (χ2v) is 13.5. The number of para-hydroxylation sites is 4. The van der Waals surface area contributed by atoms with E-state index >= 15 is 0 Å². The molecule has 4 heteroatoms. The number of ether oxygens (including phenoxy) is 2. The Bertz CT molecular complexity index is 2810. The third-order valence-corrected chi connectivity index (χ3v) is 10.8. The minimum atomic E-state index is -0.676. The molecule has 0 N–H and O–H groups in total. The van der Waals surface area contributed by atoms with Gasteiger partial charge in [-0.15, -0.1) is 0 Å². The quantitative estimate of drug-likeness (QED) is 0.188. The monoisotopic (exact) mass is 666 g/mol. The summed E-state index contributed by atoms with van der Waals surface area (Å²) < 4.78 is 16.0. The fraction of sp³-hybridized carbons (Fsp3) is 0.0208. The third-order valence-electron chi connectivity index (χ3n) is 10.8. The van der Waals surface area contributed by atoms with Crippen molar-refractivity contribution >= 4 is 21.8 Å². The smallest absolute Gasteiger partial charge is 0.132 e. The lowest BCUT2D eigenvalue weighted by Gasteiger charge is -2.45. The van der Waals surface area contributed by atoms with Crippen molar-refractivity contribution in [1.82, 2.24) is 9.55 Å². The van der Waals surface area contributed by atoms with Crippen LogP contribution in [0.5, 0.6) is 23.0 Å². The van der Waals surface area contributed by atoms with Crippen molar-refractivity contribution in [2.75, 3.05) is 0 Å². The molecule has 7 aromatic carbocycles. The molecule has 0 aliphatic carbocycles.